The predicted molar refractivity (Wildman–Crippen MR) is 47.0 cm³/mol. The lowest BCUT2D eigenvalue weighted by Gasteiger charge is -2.17. The number of carbonyl (C=O) groups is 1. The van der Waals surface area contributed by atoms with E-state index in [9.17, 15) is 4.79 Å². The van der Waals surface area contributed by atoms with Crippen LogP contribution in [0.25, 0.3) is 0 Å². The number of carbonyl (C=O) groups excluding carboxylic acids is 1. The number of hydrogen-bond donors (Lipinski definition) is 0. The Kier molecular flexibility index (Phi) is 2.31. The lowest BCUT2D eigenvalue weighted by Crippen LogP contribution is -2.34. The first-order valence-electron chi connectivity index (χ1n) is 3.09. The third kappa shape index (κ3) is 1.32. The minimum Gasteiger partial charge on any atom is -0.294 e. The largest absolute Gasteiger partial charge is 0.294 e. The van der Waals surface area contributed by atoms with Crippen molar-refractivity contribution in [3.05, 3.63) is 0 Å². The number of rotatable bonds is 0. The summed E-state index contributed by atoms with van der Waals surface area (Å²) in [7, 11) is 0. The Hall–Kier alpha value is -0.0900. The van der Waals surface area contributed by atoms with E-state index in [-0.39, 0.29) is 11.9 Å². The lowest BCUT2D eigenvalue weighted by atomic mass is 10.3. The fourth-order valence-electron chi connectivity index (χ4n) is 0.955. The summed E-state index contributed by atoms with van der Waals surface area (Å²) in [6.07, 6.45) is 0. The highest BCUT2D eigenvalue weighted by Crippen LogP contribution is 2.23. The van der Waals surface area contributed by atoms with Crippen molar-refractivity contribution >= 4 is 34.2 Å². The number of thioether (sulfide) groups is 1. The van der Waals surface area contributed by atoms with Crippen molar-refractivity contribution in [1.29, 1.82) is 0 Å². The van der Waals surface area contributed by atoms with Crippen molar-refractivity contribution in [1.82, 2.24) is 4.90 Å². The summed E-state index contributed by atoms with van der Waals surface area (Å²) in [5.74, 6) is 1.00. The van der Waals surface area contributed by atoms with Gasteiger partial charge in [0.25, 0.3) is 0 Å². The molecule has 0 aliphatic carbocycles. The van der Waals surface area contributed by atoms with Crippen LogP contribution in [0.2, 0.25) is 0 Å². The molecule has 0 aromatic carbocycles. The first-order chi connectivity index (χ1) is 4.63. The van der Waals surface area contributed by atoms with Crippen molar-refractivity contribution < 1.29 is 4.79 Å². The van der Waals surface area contributed by atoms with E-state index in [1.54, 1.807) is 23.6 Å². The van der Waals surface area contributed by atoms with Gasteiger partial charge >= 0.3 is 0 Å². The third-order valence-corrected chi connectivity index (χ3v) is 3.07. The van der Waals surface area contributed by atoms with E-state index in [1.165, 1.54) is 0 Å². The van der Waals surface area contributed by atoms with Gasteiger partial charge < -0.3 is 0 Å². The zero-order valence-electron chi connectivity index (χ0n) is 5.96. The molecule has 1 saturated heterocycles. The van der Waals surface area contributed by atoms with Crippen LogP contribution in [0.1, 0.15) is 13.8 Å². The summed E-state index contributed by atoms with van der Waals surface area (Å²) in [5, 5.41) is 0. The van der Waals surface area contributed by atoms with Crippen LogP contribution in [-0.4, -0.2) is 26.9 Å². The van der Waals surface area contributed by atoms with Crippen LogP contribution >= 0.6 is 24.0 Å². The zero-order valence-corrected chi connectivity index (χ0v) is 7.59. The summed E-state index contributed by atoms with van der Waals surface area (Å²) < 4.78 is 0.722. The molecule has 1 fully saturated rings. The second-order valence-corrected chi connectivity index (χ2v) is 3.97. The van der Waals surface area contributed by atoms with E-state index in [4.69, 9.17) is 12.2 Å². The maximum Gasteiger partial charge on any atom is 0.225 e. The van der Waals surface area contributed by atoms with Gasteiger partial charge in [-0.05, 0) is 6.92 Å². The van der Waals surface area contributed by atoms with E-state index in [1.807, 2.05) is 6.92 Å². The molecule has 4 heteroatoms. The molecule has 1 heterocycles. The second kappa shape index (κ2) is 2.88. The molecular formula is C6H9NOS2. The molecule has 0 N–H and O–H groups in total. The topological polar surface area (TPSA) is 20.3 Å². The van der Waals surface area contributed by atoms with Crippen molar-refractivity contribution in [2.75, 3.05) is 5.75 Å². The van der Waals surface area contributed by atoms with Crippen LogP contribution in [0.3, 0.4) is 0 Å². The average molecular weight is 175 g/mol. The van der Waals surface area contributed by atoms with Gasteiger partial charge in [-0.3, -0.25) is 9.69 Å². The third-order valence-electron chi connectivity index (χ3n) is 1.42. The van der Waals surface area contributed by atoms with Crippen LogP contribution in [0.15, 0.2) is 0 Å². The summed E-state index contributed by atoms with van der Waals surface area (Å²) in [6.45, 7) is 3.56. The van der Waals surface area contributed by atoms with E-state index >= 15 is 0 Å². The van der Waals surface area contributed by atoms with E-state index < -0.39 is 0 Å². The molecule has 1 rings (SSSR count). The van der Waals surface area contributed by atoms with Crippen LogP contribution in [0.4, 0.5) is 0 Å². The average Bonchev–Trinajstić information content (AvgIpc) is 2.11. The molecular weight excluding hydrogens is 166 g/mol. The molecule has 0 aromatic heterocycles. The lowest BCUT2D eigenvalue weighted by molar-refractivity contribution is -0.125. The SMILES string of the molecule is CC(=O)N1C(=S)SCC1C. The molecule has 1 amide bonds. The Morgan fingerprint density at radius 1 is 1.90 bits per heavy atom. The molecule has 0 aromatic rings. The zero-order chi connectivity index (χ0) is 7.72. The maximum absolute atomic E-state index is 10.9. The molecule has 1 atom stereocenters. The quantitative estimate of drug-likeness (QED) is 0.517. The highest BCUT2D eigenvalue weighted by Gasteiger charge is 2.27. The van der Waals surface area contributed by atoms with Crippen LogP contribution < -0.4 is 0 Å². The first kappa shape index (κ1) is 8.01. The molecule has 0 saturated carbocycles. The van der Waals surface area contributed by atoms with Crippen molar-refractivity contribution in [3.8, 4) is 0 Å². The van der Waals surface area contributed by atoms with Gasteiger partial charge in [0.1, 0.15) is 4.32 Å². The van der Waals surface area contributed by atoms with Gasteiger partial charge in [-0.15, -0.1) is 0 Å². The number of amides is 1. The van der Waals surface area contributed by atoms with Crippen molar-refractivity contribution in [3.63, 3.8) is 0 Å². The first-order valence-corrected chi connectivity index (χ1v) is 4.49. The Balaban J connectivity index is 2.72. The summed E-state index contributed by atoms with van der Waals surface area (Å²) in [4.78, 5) is 12.6. The fourth-order valence-corrected chi connectivity index (χ4v) is 2.45. The molecule has 1 aliphatic rings. The van der Waals surface area contributed by atoms with Gasteiger partial charge in [-0.25, -0.2) is 0 Å². The summed E-state index contributed by atoms with van der Waals surface area (Å²) in [6, 6.07) is 0.287. The highest BCUT2D eigenvalue weighted by molar-refractivity contribution is 8.23. The van der Waals surface area contributed by atoms with Crippen molar-refractivity contribution in [2.24, 2.45) is 0 Å². The minimum atomic E-state index is 0.0579. The summed E-state index contributed by atoms with van der Waals surface area (Å²) in [5.41, 5.74) is 0. The monoisotopic (exact) mass is 175 g/mol. The van der Waals surface area contributed by atoms with E-state index in [0.29, 0.717) is 0 Å². The molecule has 10 heavy (non-hydrogen) atoms. The second-order valence-electron chi connectivity index (χ2n) is 2.31. The van der Waals surface area contributed by atoms with Gasteiger partial charge in [0.15, 0.2) is 0 Å². The standard InChI is InChI=1S/C6H9NOS2/c1-4-3-10-6(9)7(4)5(2)8/h4H,3H2,1-2H3. The van der Waals surface area contributed by atoms with Gasteiger partial charge in [-0.2, -0.15) is 0 Å². The molecule has 0 radical (unpaired) electrons. The van der Waals surface area contributed by atoms with Gasteiger partial charge in [0.2, 0.25) is 5.91 Å². The number of nitrogens with zero attached hydrogens (tertiary/aromatic N) is 1. The normalized spacial score (nSPS) is 25.6. The highest BCUT2D eigenvalue weighted by atomic mass is 32.2. The molecule has 2 nitrogen and oxygen atoms in total. The van der Waals surface area contributed by atoms with Gasteiger partial charge in [0, 0.05) is 18.7 Å². The Labute approximate surface area is 70.0 Å². The van der Waals surface area contributed by atoms with Crippen LogP contribution in [0.5, 0.6) is 0 Å². The predicted octanol–water partition coefficient (Wildman–Crippen LogP) is 1.26. The number of thiocarbonyl (C=S) groups is 1. The molecule has 0 bridgehead atoms. The van der Waals surface area contributed by atoms with Crippen molar-refractivity contribution in [2.45, 2.75) is 19.9 Å². The van der Waals surface area contributed by atoms with Gasteiger partial charge in [0.05, 0.1) is 0 Å². The number of hydrogen-bond acceptors (Lipinski definition) is 3. The van der Waals surface area contributed by atoms with Crippen LogP contribution in [-0.2, 0) is 4.79 Å². The maximum atomic E-state index is 10.9. The molecule has 1 unspecified atom stereocenters. The molecule has 1 aliphatic heterocycles. The van der Waals surface area contributed by atoms with Gasteiger partial charge in [-0.1, -0.05) is 24.0 Å². The molecule has 56 valence electrons. The Morgan fingerprint density at radius 2 is 2.50 bits per heavy atom. The van der Waals surface area contributed by atoms with E-state index in [2.05, 4.69) is 0 Å². The summed E-state index contributed by atoms with van der Waals surface area (Å²) >= 11 is 6.54. The Bertz CT molecular complexity index is 181. The minimum absolute atomic E-state index is 0.0579. The fraction of sp³-hybridized carbons (Fsp3) is 0.667. The Morgan fingerprint density at radius 3 is 2.70 bits per heavy atom. The molecule has 0 spiro atoms. The van der Waals surface area contributed by atoms with Crippen LogP contribution in [0, 0.1) is 0 Å². The smallest absolute Gasteiger partial charge is 0.225 e. The van der Waals surface area contributed by atoms with E-state index in [0.717, 1.165) is 10.1 Å².